The molecule has 86 valence electrons. The van der Waals surface area contributed by atoms with Crippen molar-refractivity contribution < 1.29 is 4.43 Å². The zero-order chi connectivity index (χ0) is 11.1. The van der Waals surface area contributed by atoms with E-state index in [9.17, 15) is 0 Å². The fourth-order valence-corrected chi connectivity index (χ4v) is 4.84. The second-order valence-corrected chi connectivity index (χ2v) is 8.13. The minimum atomic E-state index is -0.906. The van der Waals surface area contributed by atoms with E-state index in [1.165, 1.54) is 12.1 Å². The highest BCUT2D eigenvalue weighted by Crippen LogP contribution is 2.16. The molecule has 2 heteroatoms. The van der Waals surface area contributed by atoms with E-state index in [2.05, 4.69) is 41.5 Å². The molecule has 0 saturated carbocycles. The molecule has 14 heavy (non-hydrogen) atoms. The van der Waals surface area contributed by atoms with Crippen molar-refractivity contribution in [3.8, 4) is 0 Å². The monoisotopic (exact) mass is 216 g/mol. The van der Waals surface area contributed by atoms with Crippen LogP contribution in [0.1, 0.15) is 41.5 Å². The Morgan fingerprint density at radius 3 is 1.50 bits per heavy atom. The Kier molecular flexibility index (Phi) is 7.56. The van der Waals surface area contributed by atoms with Gasteiger partial charge in [0.05, 0.1) is 0 Å². The van der Waals surface area contributed by atoms with Crippen LogP contribution in [0.3, 0.4) is 0 Å². The molecular weight excluding hydrogens is 188 g/mol. The van der Waals surface area contributed by atoms with Gasteiger partial charge in [-0.1, -0.05) is 41.5 Å². The molecule has 0 fully saturated rings. The highest BCUT2D eigenvalue weighted by atomic mass is 28.3. The Labute approximate surface area is 92.0 Å². The van der Waals surface area contributed by atoms with Gasteiger partial charge in [-0.3, -0.25) is 0 Å². The highest BCUT2D eigenvalue weighted by molar-refractivity contribution is 6.51. The largest absolute Gasteiger partial charge is 0.420 e. The summed E-state index contributed by atoms with van der Waals surface area (Å²) in [5.41, 5.74) is 0. The van der Waals surface area contributed by atoms with Crippen molar-refractivity contribution in [1.29, 1.82) is 0 Å². The summed E-state index contributed by atoms with van der Waals surface area (Å²) in [5.74, 6) is 2.29. The van der Waals surface area contributed by atoms with Gasteiger partial charge in [-0.2, -0.15) is 0 Å². The molecule has 0 aliphatic heterocycles. The molecule has 0 amide bonds. The number of hydrogen-bond donors (Lipinski definition) is 0. The smallest absolute Gasteiger partial charge is 0.177 e. The van der Waals surface area contributed by atoms with Crippen molar-refractivity contribution in [1.82, 2.24) is 0 Å². The lowest BCUT2D eigenvalue weighted by molar-refractivity contribution is 0.265. The number of hydrogen-bond acceptors (Lipinski definition) is 1. The molecule has 0 bridgehead atoms. The molecule has 0 spiro atoms. The summed E-state index contributed by atoms with van der Waals surface area (Å²) in [6, 6.07) is 2.68. The molecule has 0 aromatic heterocycles. The normalized spacial score (nSPS) is 12.4. The predicted molar refractivity (Wildman–Crippen MR) is 67.2 cm³/mol. The fraction of sp³-hybridized carbons (Fsp3) is 1.00. The van der Waals surface area contributed by atoms with Crippen molar-refractivity contribution >= 4 is 9.04 Å². The molecule has 0 aliphatic rings. The second-order valence-electron chi connectivity index (χ2n) is 5.61. The minimum Gasteiger partial charge on any atom is -0.420 e. The molecule has 0 saturated heterocycles. The van der Waals surface area contributed by atoms with Gasteiger partial charge in [0.15, 0.2) is 9.04 Å². The zero-order valence-electron chi connectivity index (χ0n) is 10.8. The van der Waals surface area contributed by atoms with Gasteiger partial charge >= 0.3 is 0 Å². The first-order valence-electron chi connectivity index (χ1n) is 6.03. The summed E-state index contributed by atoms with van der Waals surface area (Å²) < 4.78 is 6.06. The van der Waals surface area contributed by atoms with Gasteiger partial charge in [0.25, 0.3) is 0 Å². The van der Waals surface area contributed by atoms with Gasteiger partial charge < -0.3 is 4.43 Å². The molecule has 0 rings (SSSR count). The van der Waals surface area contributed by atoms with E-state index < -0.39 is 9.04 Å². The van der Waals surface area contributed by atoms with Gasteiger partial charge in [-0.05, 0) is 29.8 Å². The molecule has 0 atom stereocenters. The van der Waals surface area contributed by atoms with Crippen molar-refractivity contribution in [2.24, 2.45) is 17.8 Å². The van der Waals surface area contributed by atoms with Crippen LogP contribution in [0.25, 0.3) is 0 Å². The molecular formula is C12H28OSi. The van der Waals surface area contributed by atoms with E-state index in [4.69, 9.17) is 4.43 Å². The van der Waals surface area contributed by atoms with E-state index in [1.54, 1.807) is 0 Å². The Morgan fingerprint density at radius 2 is 1.21 bits per heavy atom. The highest BCUT2D eigenvalue weighted by Gasteiger charge is 2.16. The SMILES string of the molecule is CC(C)CO[SiH](CC(C)C)CC(C)C. The van der Waals surface area contributed by atoms with Gasteiger partial charge in [-0.15, -0.1) is 0 Å². The maximum absolute atomic E-state index is 6.06. The van der Waals surface area contributed by atoms with E-state index in [1.807, 2.05) is 0 Å². The topological polar surface area (TPSA) is 9.23 Å². The van der Waals surface area contributed by atoms with E-state index in [0.29, 0.717) is 5.92 Å². The third-order valence-corrected chi connectivity index (χ3v) is 5.73. The van der Waals surface area contributed by atoms with Gasteiger partial charge in [0, 0.05) is 6.61 Å². The maximum Gasteiger partial charge on any atom is 0.177 e. The summed E-state index contributed by atoms with van der Waals surface area (Å²) in [6.07, 6.45) is 0. The van der Waals surface area contributed by atoms with Crippen LogP contribution in [-0.2, 0) is 4.43 Å². The third-order valence-electron chi connectivity index (χ3n) is 2.13. The van der Waals surface area contributed by atoms with E-state index in [0.717, 1.165) is 18.4 Å². The molecule has 0 unspecified atom stereocenters. The zero-order valence-corrected chi connectivity index (χ0v) is 12.0. The van der Waals surface area contributed by atoms with Crippen LogP contribution in [0.15, 0.2) is 0 Å². The fourth-order valence-electron chi connectivity index (χ4n) is 1.61. The third kappa shape index (κ3) is 8.76. The maximum atomic E-state index is 6.06. The molecule has 0 radical (unpaired) electrons. The molecule has 0 aliphatic carbocycles. The molecule has 0 aromatic carbocycles. The lowest BCUT2D eigenvalue weighted by Crippen LogP contribution is -2.24. The van der Waals surface area contributed by atoms with Crippen molar-refractivity contribution in [3.63, 3.8) is 0 Å². The van der Waals surface area contributed by atoms with Crippen LogP contribution < -0.4 is 0 Å². The molecule has 0 heterocycles. The van der Waals surface area contributed by atoms with Gasteiger partial charge in [0.1, 0.15) is 0 Å². The average Bonchev–Trinajstić information content (AvgIpc) is 1.97. The quantitative estimate of drug-likeness (QED) is 0.590. The lowest BCUT2D eigenvalue weighted by atomic mass is 10.2. The summed E-state index contributed by atoms with van der Waals surface area (Å²) in [5, 5.41) is 0. The Bertz CT molecular complexity index is 122. The van der Waals surface area contributed by atoms with Crippen LogP contribution in [0.2, 0.25) is 12.1 Å². The van der Waals surface area contributed by atoms with Crippen LogP contribution in [0, 0.1) is 17.8 Å². The second kappa shape index (κ2) is 7.47. The Balaban J connectivity index is 3.84. The first-order valence-corrected chi connectivity index (χ1v) is 8.13. The Hall–Kier alpha value is 0.177. The Morgan fingerprint density at radius 1 is 0.786 bits per heavy atom. The van der Waals surface area contributed by atoms with Crippen molar-refractivity contribution in [2.45, 2.75) is 53.6 Å². The van der Waals surface area contributed by atoms with Gasteiger partial charge in [-0.25, -0.2) is 0 Å². The molecule has 0 N–H and O–H groups in total. The molecule has 0 aromatic rings. The first-order chi connectivity index (χ1) is 6.41. The summed E-state index contributed by atoms with van der Waals surface area (Å²) >= 11 is 0. The van der Waals surface area contributed by atoms with Gasteiger partial charge in [0.2, 0.25) is 0 Å². The lowest BCUT2D eigenvalue weighted by Gasteiger charge is -2.21. The average molecular weight is 216 g/mol. The summed E-state index contributed by atoms with van der Waals surface area (Å²) in [4.78, 5) is 0. The predicted octanol–water partition coefficient (Wildman–Crippen LogP) is 3.69. The van der Waals surface area contributed by atoms with Crippen LogP contribution >= 0.6 is 0 Å². The summed E-state index contributed by atoms with van der Waals surface area (Å²) in [7, 11) is -0.906. The minimum absolute atomic E-state index is 0.685. The van der Waals surface area contributed by atoms with E-state index >= 15 is 0 Å². The van der Waals surface area contributed by atoms with Crippen LogP contribution in [0.5, 0.6) is 0 Å². The van der Waals surface area contributed by atoms with Crippen LogP contribution in [0.4, 0.5) is 0 Å². The standard InChI is InChI=1S/C12H28OSi/c1-10(2)7-13-14(8-11(3)4)9-12(5)6/h10-12,14H,7-9H2,1-6H3. The van der Waals surface area contributed by atoms with Crippen molar-refractivity contribution in [3.05, 3.63) is 0 Å². The van der Waals surface area contributed by atoms with Crippen LogP contribution in [-0.4, -0.2) is 15.6 Å². The molecule has 1 nitrogen and oxygen atoms in total. The first kappa shape index (κ1) is 14.2. The number of rotatable bonds is 7. The van der Waals surface area contributed by atoms with Crippen molar-refractivity contribution in [2.75, 3.05) is 6.61 Å². The summed E-state index contributed by atoms with van der Waals surface area (Å²) in [6.45, 7) is 14.7. The van der Waals surface area contributed by atoms with E-state index in [-0.39, 0.29) is 0 Å².